The van der Waals surface area contributed by atoms with Crippen LogP contribution in [0.4, 0.5) is 10.5 Å². The highest BCUT2D eigenvalue weighted by Gasteiger charge is 2.25. The Kier molecular flexibility index (Phi) is 9.51. The van der Waals surface area contributed by atoms with E-state index in [0.717, 1.165) is 37.2 Å². The standard InChI is InChI=1S/C29H33N3O5/c30-18-23-8-4-10-25(16-23)31-28(33)27(32-29(34)37-20-21-6-2-1-3-7-21)24-9-5-11-26(17-24)36-19-22-12-14-35-15-13-22/h1-11,16-17,22,27H,12-15,18-20,30H2,(H,31,33)(H,32,34)/t27-/m1/s1. The smallest absolute Gasteiger partial charge is 0.408 e. The van der Waals surface area contributed by atoms with E-state index in [1.807, 2.05) is 48.5 Å². The summed E-state index contributed by atoms with van der Waals surface area (Å²) in [5.41, 5.74) is 8.63. The highest BCUT2D eigenvalue weighted by Crippen LogP contribution is 2.24. The quantitative estimate of drug-likeness (QED) is 0.374. The molecule has 0 bridgehead atoms. The molecule has 3 aromatic carbocycles. The summed E-state index contributed by atoms with van der Waals surface area (Å²) in [6.45, 7) is 2.51. The topological polar surface area (TPSA) is 112 Å². The van der Waals surface area contributed by atoms with E-state index >= 15 is 0 Å². The molecular weight excluding hydrogens is 470 g/mol. The summed E-state index contributed by atoms with van der Waals surface area (Å²) in [6, 6.07) is 22.8. The Balaban J connectivity index is 1.48. The Hall–Kier alpha value is -3.88. The molecule has 8 nitrogen and oxygen atoms in total. The first-order valence-corrected chi connectivity index (χ1v) is 12.5. The monoisotopic (exact) mass is 503 g/mol. The lowest BCUT2D eigenvalue weighted by Gasteiger charge is -2.23. The molecule has 4 N–H and O–H groups in total. The predicted octanol–water partition coefficient (Wildman–Crippen LogP) is 4.56. The number of alkyl carbamates (subject to hydrolysis) is 1. The molecule has 1 aliphatic heterocycles. The number of benzene rings is 3. The maximum Gasteiger partial charge on any atom is 0.408 e. The molecule has 0 aliphatic carbocycles. The maximum absolute atomic E-state index is 13.4. The number of hydrogen-bond donors (Lipinski definition) is 3. The van der Waals surface area contributed by atoms with Gasteiger partial charge in [-0.1, -0.05) is 54.6 Å². The first-order valence-electron chi connectivity index (χ1n) is 12.5. The van der Waals surface area contributed by atoms with Crippen molar-refractivity contribution < 1.29 is 23.8 Å². The lowest BCUT2D eigenvalue weighted by Crippen LogP contribution is -2.37. The van der Waals surface area contributed by atoms with E-state index in [4.69, 9.17) is 19.9 Å². The Morgan fingerprint density at radius 1 is 0.946 bits per heavy atom. The van der Waals surface area contributed by atoms with Gasteiger partial charge in [-0.05, 0) is 59.7 Å². The Morgan fingerprint density at radius 3 is 2.49 bits per heavy atom. The summed E-state index contributed by atoms with van der Waals surface area (Å²) in [4.78, 5) is 26.1. The van der Waals surface area contributed by atoms with Crippen LogP contribution in [0.1, 0.15) is 35.6 Å². The second kappa shape index (κ2) is 13.4. The molecule has 1 fully saturated rings. The van der Waals surface area contributed by atoms with Gasteiger partial charge in [0.05, 0.1) is 6.61 Å². The van der Waals surface area contributed by atoms with Crippen LogP contribution >= 0.6 is 0 Å². The molecule has 4 rings (SSSR count). The third-order valence-electron chi connectivity index (χ3n) is 6.19. The van der Waals surface area contributed by atoms with Gasteiger partial charge in [0.2, 0.25) is 0 Å². The molecule has 3 aromatic rings. The van der Waals surface area contributed by atoms with Gasteiger partial charge in [0, 0.05) is 25.4 Å². The molecular formula is C29H33N3O5. The third kappa shape index (κ3) is 8.06. The fourth-order valence-corrected chi connectivity index (χ4v) is 4.08. The second-order valence-electron chi connectivity index (χ2n) is 8.97. The molecule has 0 saturated carbocycles. The van der Waals surface area contributed by atoms with Crippen molar-refractivity contribution in [2.75, 3.05) is 25.1 Å². The fourth-order valence-electron chi connectivity index (χ4n) is 4.08. The third-order valence-corrected chi connectivity index (χ3v) is 6.19. The minimum Gasteiger partial charge on any atom is -0.493 e. The molecule has 0 aromatic heterocycles. The van der Waals surface area contributed by atoms with E-state index in [-0.39, 0.29) is 6.61 Å². The number of hydrogen-bond acceptors (Lipinski definition) is 6. The number of amides is 2. The Bertz CT molecular complexity index is 1160. The largest absolute Gasteiger partial charge is 0.493 e. The van der Waals surface area contributed by atoms with Crippen molar-refractivity contribution in [3.8, 4) is 5.75 Å². The minimum absolute atomic E-state index is 0.0911. The minimum atomic E-state index is -1.00. The predicted molar refractivity (Wildman–Crippen MR) is 141 cm³/mol. The molecule has 1 saturated heterocycles. The molecule has 0 radical (unpaired) electrons. The first-order chi connectivity index (χ1) is 18.1. The van der Waals surface area contributed by atoms with Gasteiger partial charge in [-0.2, -0.15) is 0 Å². The Morgan fingerprint density at radius 2 is 1.70 bits per heavy atom. The highest BCUT2D eigenvalue weighted by atomic mass is 16.5. The van der Waals surface area contributed by atoms with Crippen LogP contribution in [0.25, 0.3) is 0 Å². The normalized spacial score (nSPS) is 14.4. The van der Waals surface area contributed by atoms with Gasteiger partial charge in [-0.25, -0.2) is 4.79 Å². The second-order valence-corrected chi connectivity index (χ2v) is 8.97. The number of carbonyl (C=O) groups excluding carboxylic acids is 2. The van der Waals surface area contributed by atoms with Gasteiger partial charge in [0.1, 0.15) is 18.4 Å². The lowest BCUT2D eigenvalue weighted by molar-refractivity contribution is -0.118. The van der Waals surface area contributed by atoms with Crippen LogP contribution in [0.2, 0.25) is 0 Å². The van der Waals surface area contributed by atoms with Crippen LogP contribution in [0.3, 0.4) is 0 Å². The van der Waals surface area contributed by atoms with Crippen molar-refractivity contribution in [1.29, 1.82) is 0 Å². The summed E-state index contributed by atoms with van der Waals surface area (Å²) in [7, 11) is 0. The van der Waals surface area contributed by atoms with Gasteiger partial charge < -0.3 is 30.6 Å². The van der Waals surface area contributed by atoms with Crippen molar-refractivity contribution in [3.05, 3.63) is 95.6 Å². The molecule has 0 unspecified atom stereocenters. The van der Waals surface area contributed by atoms with Crippen LogP contribution in [0.5, 0.6) is 5.75 Å². The summed E-state index contributed by atoms with van der Waals surface area (Å²) in [6.07, 6.45) is 1.22. The van der Waals surface area contributed by atoms with Crippen LogP contribution in [-0.4, -0.2) is 31.8 Å². The SMILES string of the molecule is NCc1cccc(NC(=O)[C@H](NC(=O)OCc2ccccc2)c2cccc(OCC3CCOCC3)c2)c1. The van der Waals surface area contributed by atoms with Crippen LogP contribution in [0.15, 0.2) is 78.9 Å². The average Bonchev–Trinajstić information content (AvgIpc) is 2.95. The van der Waals surface area contributed by atoms with Gasteiger partial charge in [0.25, 0.3) is 5.91 Å². The number of nitrogens with two attached hydrogens (primary N) is 1. The van der Waals surface area contributed by atoms with E-state index in [0.29, 0.717) is 36.1 Å². The van der Waals surface area contributed by atoms with Crippen molar-refractivity contribution >= 4 is 17.7 Å². The van der Waals surface area contributed by atoms with Gasteiger partial charge in [-0.3, -0.25) is 4.79 Å². The number of anilines is 1. The van der Waals surface area contributed by atoms with Gasteiger partial charge in [0.15, 0.2) is 0 Å². The van der Waals surface area contributed by atoms with E-state index in [2.05, 4.69) is 10.6 Å². The Labute approximate surface area is 217 Å². The van der Waals surface area contributed by atoms with E-state index in [9.17, 15) is 9.59 Å². The molecule has 1 aliphatic rings. The number of ether oxygens (including phenoxy) is 3. The lowest BCUT2D eigenvalue weighted by atomic mass is 10.0. The first kappa shape index (κ1) is 26.2. The number of rotatable bonds is 10. The zero-order chi connectivity index (χ0) is 25.9. The van der Waals surface area contributed by atoms with Crippen molar-refractivity contribution in [3.63, 3.8) is 0 Å². The highest BCUT2D eigenvalue weighted by molar-refractivity contribution is 5.97. The van der Waals surface area contributed by atoms with Crippen LogP contribution in [0, 0.1) is 5.92 Å². The summed E-state index contributed by atoms with van der Waals surface area (Å²) in [5, 5.41) is 5.59. The van der Waals surface area contributed by atoms with E-state index < -0.39 is 18.0 Å². The van der Waals surface area contributed by atoms with E-state index in [1.165, 1.54) is 0 Å². The fraction of sp³-hybridized carbons (Fsp3) is 0.310. The van der Waals surface area contributed by atoms with Gasteiger partial charge >= 0.3 is 6.09 Å². The molecule has 8 heteroatoms. The molecule has 1 atom stereocenters. The number of nitrogens with one attached hydrogen (secondary N) is 2. The molecule has 194 valence electrons. The maximum atomic E-state index is 13.4. The zero-order valence-electron chi connectivity index (χ0n) is 20.7. The van der Waals surface area contributed by atoms with Crippen molar-refractivity contribution in [2.24, 2.45) is 11.7 Å². The zero-order valence-corrected chi connectivity index (χ0v) is 20.7. The molecule has 2 amide bonds. The summed E-state index contributed by atoms with van der Waals surface area (Å²) >= 11 is 0. The summed E-state index contributed by atoms with van der Waals surface area (Å²) < 4.78 is 16.8. The van der Waals surface area contributed by atoms with Crippen LogP contribution < -0.4 is 21.1 Å². The molecule has 0 spiro atoms. The van der Waals surface area contributed by atoms with Crippen molar-refractivity contribution in [2.45, 2.75) is 32.0 Å². The van der Waals surface area contributed by atoms with E-state index in [1.54, 1.807) is 30.3 Å². The molecule has 1 heterocycles. The number of carbonyl (C=O) groups is 2. The molecule has 37 heavy (non-hydrogen) atoms. The van der Waals surface area contributed by atoms with Crippen LogP contribution in [-0.2, 0) is 27.4 Å². The average molecular weight is 504 g/mol. The van der Waals surface area contributed by atoms with Gasteiger partial charge in [-0.15, -0.1) is 0 Å². The summed E-state index contributed by atoms with van der Waals surface area (Å²) in [5.74, 6) is 0.649. The van der Waals surface area contributed by atoms with Crippen molar-refractivity contribution in [1.82, 2.24) is 5.32 Å².